The molecule has 1 fully saturated rings. The number of carbonyl (C=O) groups is 1. The number of hydrogen-bond donors (Lipinski definition) is 0. The highest BCUT2D eigenvalue weighted by molar-refractivity contribution is 5.92. The lowest BCUT2D eigenvalue weighted by Gasteiger charge is -2.37. The van der Waals surface area contributed by atoms with Gasteiger partial charge < -0.3 is 4.90 Å². The molecule has 0 radical (unpaired) electrons. The van der Waals surface area contributed by atoms with E-state index in [9.17, 15) is 4.79 Å². The fraction of sp³-hybridized carbons (Fsp3) is 0.444. The van der Waals surface area contributed by atoms with Crippen LogP contribution in [0.25, 0.3) is 0 Å². The van der Waals surface area contributed by atoms with Gasteiger partial charge in [0, 0.05) is 38.9 Å². The van der Waals surface area contributed by atoms with Crippen LogP contribution < -0.4 is 0 Å². The first-order chi connectivity index (χ1) is 11.1. The molecule has 5 nitrogen and oxygen atoms in total. The average Bonchev–Trinajstić information content (AvgIpc) is 3.01. The van der Waals surface area contributed by atoms with E-state index in [-0.39, 0.29) is 5.91 Å². The molecule has 1 aromatic carbocycles. The highest BCUT2D eigenvalue weighted by Gasteiger charge is 2.27. The SMILES string of the molecule is CN(Cc1ccccc1)[C@@H]1CCCN(C(=O)c2ccnn2C)C1. The second-order valence-corrected chi connectivity index (χ2v) is 6.29. The molecule has 2 heterocycles. The largest absolute Gasteiger partial charge is 0.336 e. The summed E-state index contributed by atoms with van der Waals surface area (Å²) in [6.07, 6.45) is 3.86. The van der Waals surface area contributed by atoms with Crippen molar-refractivity contribution in [2.75, 3.05) is 20.1 Å². The van der Waals surface area contributed by atoms with Crippen LogP contribution in [0.3, 0.4) is 0 Å². The van der Waals surface area contributed by atoms with Gasteiger partial charge in [0.05, 0.1) is 0 Å². The first kappa shape index (κ1) is 15.7. The van der Waals surface area contributed by atoms with Crippen molar-refractivity contribution in [1.29, 1.82) is 0 Å². The van der Waals surface area contributed by atoms with Gasteiger partial charge in [-0.05, 0) is 31.5 Å². The van der Waals surface area contributed by atoms with Crippen LogP contribution in [0.2, 0.25) is 0 Å². The third-order valence-electron chi connectivity index (χ3n) is 4.62. The van der Waals surface area contributed by atoms with Crippen LogP contribution in [0.5, 0.6) is 0 Å². The van der Waals surface area contributed by atoms with E-state index < -0.39 is 0 Å². The summed E-state index contributed by atoms with van der Waals surface area (Å²) in [5.41, 5.74) is 1.97. The number of rotatable bonds is 4. The molecule has 1 saturated heterocycles. The Balaban J connectivity index is 1.64. The van der Waals surface area contributed by atoms with Gasteiger partial charge in [-0.15, -0.1) is 0 Å². The maximum Gasteiger partial charge on any atom is 0.272 e. The van der Waals surface area contributed by atoms with Gasteiger partial charge in [0.15, 0.2) is 0 Å². The van der Waals surface area contributed by atoms with E-state index in [1.165, 1.54) is 5.56 Å². The quantitative estimate of drug-likeness (QED) is 0.869. The lowest BCUT2D eigenvalue weighted by molar-refractivity contribution is 0.0592. The van der Waals surface area contributed by atoms with Gasteiger partial charge in [0.2, 0.25) is 0 Å². The smallest absolute Gasteiger partial charge is 0.272 e. The summed E-state index contributed by atoms with van der Waals surface area (Å²) in [6, 6.07) is 12.7. The van der Waals surface area contributed by atoms with E-state index in [2.05, 4.69) is 41.3 Å². The normalized spacial score (nSPS) is 18.4. The monoisotopic (exact) mass is 312 g/mol. The summed E-state index contributed by atoms with van der Waals surface area (Å²) in [6.45, 7) is 2.53. The lowest BCUT2D eigenvalue weighted by atomic mass is 10.0. The molecule has 1 atom stereocenters. The maximum absolute atomic E-state index is 12.7. The van der Waals surface area contributed by atoms with Crippen molar-refractivity contribution in [3.8, 4) is 0 Å². The van der Waals surface area contributed by atoms with Crippen molar-refractivity contribution >= 4 is 5.91 Å². The molecule has 1 aliphatic heterocycles. The van der Waals surface area contributed by atoms with E-state index in [1.807, 2.05) is 18.0 Å². The molecule has 1 aromatic heterocycles. The Kier molecular flexibility index (Phi) is 4.76. The van der Waals surface area contributed by atoms with Crippen molar-refractivity contribution in [3.63, 3.8) is 0 Å². The average molecular weight is 312 g/mol. The molecule has 122 valence electrons. The number of likely N-dealkylation sites (tertiary alicyclic amines) is 1. The molecule has 1 amide bonds. The second kappa shape index (κ2) is 6.96. The molecular formula is C18H24N4O. The Labute approximate surface area is 137 Å². The van der Waals surface area contributed by atoms with Gasteiger partial charge in [-0.1, -0.05) is 30.3 Å². The Morgan fingerprint density at radius 1 is 1.30 bits per heavy atom. The summed E-state index contributed by atoms with van der Waals surface area (Å²) in [4.78, 5) is 17.0. The molecule has 0 N–H and O–H groups in total. The molecule has 1 aliphatic rings. The number of nitrogens with zero attached hydrogens (tertiary/aromatic N) is 4. The second-order valence-electron chi connectivity index (χ2n) is 6.29. The standard InChI is InChI=1S/C18H24N4O/c1-20(13-15-7-4-3-5-8-15)16-9-6-12-22(14-16)18(23)17-10-11-19-21(17)2/h3-5,7-8,10-11,16H,6,9,12-14H2,1-2H3/t16-/m1/s1. The van der Waals surface area contributed by atoms with Crippen molar-refractivity contribution in [1.82, 2.24) is 19.6 Å². The number of aryl methyl sites for hydroxylation is 1. The predicted molar refractivity (Wildman–Crippen MR) is 90.0 cm³/mol. The summed E-state index contributed by atoms with van der Waals surface area (Å²) in [5, 5.41) is 4.10. The number of hydrogen-bond acceptors (Lipinski definition) is 3. The Morgan fingerprint density at radius 2 is 2.09 bits per heavy atom. The van der Waals surface area contributed by atoms with Gasteiger partial charge >= 0.3 is 0 Å². The highest BCUT2D eigenvalue weighted by Crippen LogP contribution is 2.18. The van der Waals surface area contributed by atoms with Crippen LogP contribution in [0.1, 0.15) is 28.9 Å². The zero-order valence-electron chi connectivity index (χ0n) is 13.9. The number of benzene rings is 1. The third kappa shape index (κ3) is 3.62. The van der Waals surface area contributed by atoms with Crippen molar-refractivity contribution in [2.24, 2.45) is 7.05 Å². The zero-order chi connectivity index (χ0) is 16.2. The number of aromatic nitrogens is 2. The number of piperidine rings is 1. The highest BCUT2D eigenvalue weighted by atomic mass is 16.2. The number of likely N-dealkylation sites (N-methyl/N-ethyl adjacent to an activating group) is 1. The van der Waals surface area contributed by atoms with Crippen LogP contribution in [0, 0.1) is 0 Å². The van der Waals surface area contributed by atoms with E-state index in [0.717, 1.165) is 32.5 Å². The predicted octanol–water partition coefficient (Wildman–Crippen LogP) is 2.16. The van der Waals surface area contributed by atoms with E-state index in [1.54, 1.807) is 16.9 Å². The Hall–Kier alpha value is -2.14. The summed E-state index contributed by atoms with van der Waals surface area (Å²) < 4.78 is 1.65. The fourth-order valence-electron chi connectivity index (χ4n) is 3.25. The van der Waals surface area contributed by atoms with Gasteiger partial charge in [-0.2, -0.15) is 5.10 Å². The summed E-state index contributed by atoms with van der Waals surface area (Å²) in [5.74, 6) is 0.0859. The molecule has 0 aliphatic carbocycles. The topological polar surface area (TPSA) is 41.4 Å². The molecule has 5 heteroatoms. The van der Waals surface area contributed by atoms with Crippen LogP contribution in [0.4, 0.5) is 0 Å². The minimum Gasteiger partial charge on any atom is -0.336 e. The molecule has 23 heavy (non-hydrogen) atoms. The molecule has 2 aromatic rings. The molecule has 0 saturated carbocycles. The number of carbonyl (C=O) groups excluding carboxylic acids is 1. The zero-order valence-corrected chi connectivity index (χ0v) is 13.9. The van der Waals surface area contributed by atoms with Crippen LogP contribution in [-0.2, 0) is 13.6 Å². The minimum atomic E-state index is 0.0859. The van der Waals surface area contributed by atoms with Crippen molar-refractivity contribution in [2.45, 2.75) is 25.4 Å². The van der Waals surface area contributed by atoms with Gasteiger partial charge in [0.25, 0.3) is 5.91 Å². The van der Waals surface area contributed by atoms with Crippen LogP contribution in [0.15, 0.2) is 42.6 Å². The minimum absolute atomic E-state index is 0.0859. The van der Waals surface area contributed by atoms with Gasteiger partial charge in [-0.25, -0.2) is 0 Å². The third-order valence-corrected chi connectivity index (χ3v) is 4.62. The van der Waals surface area contributed by atoms with Gasteiger partial charge in [0.1, 0.15) is 5.69 Å². The molecule has 0 unspecified atom stereocenters. The molecule has 0 spiro atoms. The lowest BCUT2D eigenvalue weighted by Crippen LogP contribution is -2.48. The summed E-state index contributed by atoms with van der Waals surface area (Å²) >= 11 is 0. The Bertz CT molecular complexity index is 652. The molecule has 3 rings (SSSR count). The maximum atomic E-state index is 12.7. The fourth-order valence-corrected chi connectivity index (χ4v) is 3.25. The van der Waals surface area contributed by atoms with E-state index >= 15 is 0 Å². The van der Waals surface area contributed by atoms with E-state index in [4.69, 9.17) is 0 Å². The number of amides is 1. The first-order valence-electron chi connectivity index (χ1n) is 8.16. The molecular weight excluding hydrogens is 288 g/mol. The van der Waals surface area contributed by atoms with Crippen molar-refractivity contribution in [3.05, 3.63) is 53.9 Å². The van der Waals surface area contributed by atoms with E-state index in [0.29, 0.717) is 11.7 Å². The van der Waals surface area contributed by atoms with Crippen molar-refractivity contribution < 1.29 is 4.79 Å². The molecule has 0 bridgehead atoms. The summed E-state index contributed by atoms with van der Waals surface area (Å²) in [7, 11) is 3.96. The van der Waals surface area contributed by atoms with Crippen LogP contribution >= 0.6 is 0 Å². The first-order valence-corrected chi connectivity index (χ1v) is 8.16. The van der Waals surface area contributed by atoms with Crippen LogP contribution in [-0.4, -0.2) is 51.7 Å². The van der Waals surface area contributed by atoms with Gasteiger partial charge in [-0.3, -0.25) is 14.4 Å². The Morgan fingerprint density at radius 3 is 2.78 bits per heavy atom.